The average Bonchev–Trinajstić information content (AvgIpc) is 2.16. The van der Waals surface area contributed by atoms with Crippen LogP contribution in [0.25, 0.3) is 0 Å². The Morgan fingerprint density at radius 3 is 0.760 bits per heavy atom. The molecule has 19 heteroatoms. The summed E-state index contributed by atoms with van der Waals surface area (Å²) in [6.45, 7) is -1.01. The van der Waals surface area contributed by atoms with Gasteiger partial charge in [0.2, 0.25) is 0 Å². The maximum atomic E-state index is 11.0. The molecule has 25 heavy (non-hydrogen) atoms. The molecule has 0 unspecified atom stereocenters. The van der Waals surface area contributed by atoms with Gasteiger partial charge in [-0.15, -0.1) is 0 Å². The Hall–Kier alpha value is 1.52. The van der Waals surface area contributed by atoms with Crippen LogP contribution in [0.5, 0.6) is 0 Å². The third-order valence-electron chi connectivity index (χ3n) is 2.27. The van der Waals surface area contributed by atoms with Crippen molar-refractivity contribution in [2.24, 2.45) is 0 Å². The van der Waals surface area contributed by atoms with Gasteiger partial charge in [0.25, 0.3) is 0 Å². The molecule has 0 aliphatic heterocycles. The van der Waals surface area contributed by atoms with Gasteiger partial charge in [-0.3, -0.25) is 28.1 Å². The monoisotopic (exact) mass is 459 g/mol. The zero-order valence-electron chi connectivity index (χ0n) is 13.1. The Morgan fingerprint density at radius 2 is 0.640 bits per heavy atom. The minimum Gasteiger partial charge on any atom is -0.324 e. The third kappa shape index (κ3) is 20.1. The van der Waals surface area contributed by atoms with Crippen LogP contribution in [0.3, 0.4) is 0 Å². The first-order valence-electron chi connectivity index (χ1n) is 5.99. The molecule has 0 bridgehead atoms. The largest absolute Gasteiger partial charge is 0.339 e. The molecule has 14 nitrogen and oxygen atoms in total. The third-order valence-corrected chi connectivity index (χ3v) is 5.34. The SMILES string of the molecule is O=P(O)(O)CN(CCN(CP(=O)(O)O)CP(=O)(O)O)CP(=O)(O)O.[Na]. The molecule has 0 spiro atoms. The van der Waals surface area contributed by atoms with Crippen LogP contribution in [-0.2, 0) is 18.3 Å². The molecule has 0 fully saturated rings. The predicted octanol–water partition coefficient (Wildman–Crippen LogP) is -2.25. The van der Waals surface area contributed by atoms with Gasteiger partial charge in [0.15, 0.2) is 0 Å². The molecule has 0 saturated heterocycles. The van der Waals surface area contributed by atoms with E-state index in [4.69, 9.17) is 39.1 Å². The van der Waals surface area contributed by atoms with Crippen LogP contribution < -0.4 is 0 Å². The second-order valence-electron chi connectivity index (χ2n) is 5.01. The van der Waals surface area contributed by atoms with E-state index in [0.29, 0.717) is 9.80 Å². The van der Waals surface area contributed by atoms with Gasteiger partial charge in [-0.25, -0.2) is 0 Å². The normalized spacial score (nSPS) is 14.0. The Morgan fingerprint density at radius 1 is 0.480 bits per heavy atom. The second-order valence-corrected chi connectivity index (χ2v) is 11.5. The van der Waals surface area contributed by atoms with Crippen molar-refractivity contribution in [3.8, 4) is 0 Å². The minimum atomic E-state index is -4.69. The van der Waals surface area contributed by atoms with E-state index in [-0.39, 0.29) is 29.6 Å². The molecule has 0 amide bonds. The summed E-state index contributed by atoms with van der Waals surface area (Å²) in [7, 11) is -18.8. The molecule has 0 aromatic rings. The quantitative estimate of drug-likeness (QED) is 0.120. The van der Waals surface area contributed by atoms with E-state index in [1.165, 1.54) is 0 Å². The van der Waals surface area contributed by atoms with Crippen molar-refractivity contribution < 1.29 is 57.4 Å². The summed E-state index contributed by atoms with van der Waals surface area (Å²) >= 11 is 0. The molecule has 0 aromatic heterocycles. The molecule has 0 aromatic carbocycles. The molecule has 0 aliphatic carbocycles. The number of rotatable bonds is 11. The van der Waals surface area contributed by atoms with Crippen LogP contribution >= 0.6 is 30.4 Å². The Kier molecular flexibility index (Phi) is 12.5. The van der Waals surface area contributed by atoms with Gasteiger partial charge in [-0.05, 0) is 0 Å². The van der Waals surface area contributed by atoms with Gasteiger partial charge in [0, 0.05) is 42.6 Å². The molecule has 147 valence electrons. The fraction of sp³-hybridized carbons (Fsp3) is 1.00. The molecule has 0 aliphatic rings. The van der Waals surface area contributed by atoms with E-state index in [1.54, 1.807) is 0 Å². The van der Waals surface area contributed by atoms with Gasteiger partial charge in [0.1, 0.15) is 25.1 Å². The minimum absolute atomic E-state index is 0. The van der Waals surface area contributed by atoms with Crippen LogP contribution in [0.15, 0.2) is 0 Å². The van der Waals surface area contributed by atoms with Crippen molar-refractivity contribution in [1.82, 2.24) is 9.80 Å². The molecular formula is C6H20N2NaO12P4. The van der Waals surface area contributed by atoms with Crippen molar-refractivity contribution in [2.45, 2.75) is 0 Å². The summed E-state index contributed by atoms with van der Waals surface area (Å²) in [6, 6.07) is 0. The van der Waals surface area contributed by atoms with Gasteiger partial charge >= 0.3 is 30.4 Å². The zero-order chi connectivity index (χ0) is 19.4. The molecule has 0 atom stereocenters. The van der Waals surface area contributed by atoms with Gasteiger partial charge in [-0.1, -0.05) is 0 Å². The van der Waals surface area contributed by atoms with E-state index < -0.39 is 68.6 Å². The topological polar surface area (TPSA) is 237 Å². The summed E-state index contributed by atoms with van der Waals surface area (Å²) in [5, 5.41) is 0. The summed E-state index contributed by atoms with van der Waals surface area (Å²) in [5.41, 5.74) is 0. The summed E-state index contributed by atoms with van der Waals surface area (Å²) in [6.07, 6.45) is -4.18. The first kappa shape index (κ1) is 28.7. The van der Waals surface area contributed by atoms with E-state index in [2.05, 4.69) is 0 Å². The maximum absolute atomic E-state index is 11.0. The van der Waals surface area contributed by atoms with Crippen molar-refractivity contribution in [3.05, 3.63) is 0 Å². The van der Waals surface area contributed by atoms with Crippen molar-refractivity contribution in [1.29, 1.82) is 0 Å². The van der Waals surface area contributed by atoms with E-state index in [9.17, 15) is 18.3 Å². The smallest absolute Gasteiger partial charge is 0.324 e. The van der Waals surface area contributed by atoms with Crippen LogP contribution in [0.2, 0.25) is 0 Å². The first-order chi connectivity index (χ1) is 10.4. The van der Waals surface area contributed by atoms with Crippen LogP contribution in [0.4, 0.5) is 0 Å². The number of hydrogen-bond donors (Lipinski definition) is 8. The van der Waals surface area contributed by atoms with Crippen molar-refractivity contribution >= 4 is 59.9 Å². The second kappa shape index (κ2) is 10.9. The van der Waals surface area contributed by atoms with Crippen LogP contribution in [0.1, 0.15) is 0 Å². The molecule has 0 rings (SSSR count). The number of nitrogens with zero attached hydrogens (tertiary/aromatic N) is 2. The maximum Gasteiger partial charge on any atom is 0.339 e. The fourth-order valence-electron chi connectivity index (χ4n) is 1.70. The average molecular weight is 459 g/mol. The first-order valence-corrected chi connectivity index (χ1v) is 13.2. The predicted molar refractivity (Wildman–Crippen MR) is 86.8 cm³/mol. The fourth-order valence-corrected chi connectivity index (χ4v) is 5.06. The van der Waals surface area contributed by atoms with Gasteiger partial charge in [-0.2, -0.15) is 0 Å². The van der Waals surface area contributed by atoms with Gasteiger partial charge < -0.3 is 39.1 Å². The Bertz CT molecular complexity index is 492. The van der Waals surface area contributed by atoms with Crippen LogP contribution in [0, 0.1) is 0 Å². The van der Waals surface area contributed by atoms with E-state index in [1.807, 2.05) is 0 Å². The van der Waals surface area contributed by atoms with Crippen molar-refractivity contribution in [3.63, 3.8) is 0 Å². The molecular weight excluding hydrogens is 439 g/mol. The molecule has 8 N–H and O–H groups in total. The van der Waals surface area contributed by atoms with Gasteiger partial charge in [0.05, 0.1) is 0 Å². The summed E-state index contributed by atoms with van der Waals surface area (Å²) < 4.78 is 43.9. The Balaban J connectivity index is 0. The number of hydrogen-bond acceptors (Lipinski definition) is 6. The summed E-state index contributed by atoms with van der Waals surface area (Å²) in [4.78, 5) is 72.3. The zero-order valence-corrected chi connectivity index (χ0v) is 18.7. The molecule has 0 heterocycles. The summed E-state index contributed by atoms with van der Waals surface area (Å²) in [5.74, 6) is 0. The molecule has 1 radical (unpaired) electrons. The molecule has 0 saturated carbocycles. The van der Waals surface area contributed by atoms with Crippen molar-refractivity contribution in [2.75, 3.05) is 38.2 Å². The van der Waals surface area contributed by atoms with E-state index >= 15 is 0 Å². The standard InChI is InChI=1S/C6H20N2O12P4.Na/c9-21(10,11)3-7(4-22(12,13)14)1-2-8(5-23(15,16)17)6-24(18,19)20;/h1-6H2,(H2,9,10,11)(H2,12,13,14)(H2,15,16,17)(H2,18,19,20);. The Labute approximate surface area is 165 Å². The van der Waals surface area contributed by atoms with Crippen LogP contribution in [-0.4, -0.2) is 117 Å². The van der Waals surface area contributed by atoms with E-state index in [0.717, 1.165) is 0 Å².